The van der Waals surface area contributed by atoms with Crippen molar-refractivity contribution in [3.05, 3.63) is 35.4 Å². The number of ether oxygens (including phenoxy) is 1. The molecule has 1 N–H and O–H groups in total. The zero-order valence-corrected chi connectivity index (χ0v) is 14.4. The predicted molar refractivity (Wildman–Crippen MR) is 87.7 cm³/mol. The SMILES string of the molecule is CCCNC(=O)[C@@H](C)OC(=O)c1ccc(CS(=O)(=O)CC#N)cc1. The lowest BCUT2D eigenvalue weighted by atomic mass is 10.1. The van der Waals surface area contributed by atoms with Crippen molar-refractivity contribution >= 4 is 21.7 Å². The van der Waals surface area contributed by atoms with Crippen molar-refractivity contribution in [1.82, 2.24) is 5.32 Å². The van der Waals surface area contributed by atoms with E-state index in [0.717, 1.165) is 6.42 Å². The van der Waals surface area contributed by atoms with Crippen LogP contribution in [0, 0.1) is 11.3 Å². The molecule has 0 saturated carbocycles. The van der Waals surface area contributed by atoms with Crippen LogP contribution >= 0.6 is 0 Å². The van der Waals surface area contributed by atoms with Gasteiger partial charge in [-0.05, 0) is 31.0 Å². The fourth-order valence-electron chi connectivity index (χ4n) is 1.81. The summed E-state index contributed by atoms with van der Waals surface area (Å²) in [6, 6.07) is 7.42. The number of sulfone groups is 1. The molecule has 0 unspecified atom stereocenters. The van der Waals surface area contributed by atoms with Crippen LogP contribution in [0.15, 0.2) is 24.3 Å². The molecule has 0 saturated heterocycles. The Hall–Kier alpha value is -2.40. The predicted octanol–water partition coefficient (Wildman–Crippen LogP) is 1.20. The van der Waals surface area contributed by atoms with Gasteiger partial charge < -0.3 is 10.1 Å². The fraction of sp³-hybridized carbons (Fsp3) is 0.438. The quantitative estimate of drug-likeness (QED) is 0.703. The highest BCUT2D eigenvalue weighted by molar-refractivity contribution is 7.90. The third kappa shape index (κ3) is 6.38. The van der Waals surface area contributed by atoms with Crippen molar-refractivity contribution in [3.63, 3.8) is 0 Å². The van der Waals surface area contributed by atoms with E-state index >= 15 is 0 Å². The molecule has 7 nitrogen and oxygen atoms in total. The van der Waals surface area contributed by atoms with Crippen molar-refractivity contribution in [3.8, 4) is 6.07 Å². The molecule has 0 aliphatic carbocycles. The zero-order chi connectivity index (χ0) is 18.2. The minimum absolute atomic E-state index is 0.214. The first-order chi connectivity index (χ1) is 11.3. The molecule has 1 atom stereocenters. The number of hydrogen-bond acceptors (Lipinski definition) is 6. The van der Waals surface area contributed by atoms with Gasteiger partial charge in [0, 0.05) is 6.54 Å². The van der Waals surface area contributed by atoms with Crippen LogP contribution in [0.3, 0.4) is 0 Å². The van der Waals surface area contributed by atoms with E-state index in [4.69, 9.17) is 10.00 Å². The molecule has 0 aromatic heterocycles. The average Bonchev–Trinajstić information content (AvgIpc) is 2.52. The second kappa shape index (κ2) is 9.03. The van der Waals surface area contributed by atoms with Crippen LogP contribution in [0.1, 0.15) is 36.2 Å². The molecule has 130 valence electrons. The summed E-state index contributed by atoms with van der Waals surface area (Å²) < 4.78 is 28.2. The number of amides is 1. The van der Waals surface area contributed by atoms with E-state index in [1.807, 2.05) is 6.92 Å². The number of nitrogens with zero attached hydrogens (tertiary/aromatic N) is 1. The standard InChI is InChI=1S/C16H20N2O5S/c1-3-9-18-15(19)12(2)23-16(20)14-6-4-13(5-7-14)11-24(21,22)10-8-17/h4-7,12H,3,9-11H2,1-2H3,(H,18,19)/t12-/m1/s1. The number of carbonyl (C=O) groups is 2. The Morgan fingerprint density at radius 1 is 1.29 bits per heavy atom. The lowest BCUT2D eigenvalue weighted by Gasteiger charge is -2.13. The molecule has 0 bridgehead atoms. The summed E-state index contributed by atoms with van der Waals surface area (Å²) in [7, 11) is -3.49. The maximum absolute atomic E-state index is 12.0. The lowest BCUT2D eigenvalue weighted by molar-refractivity contribution is -0.129. The highest BCUT2D eigenvalue weighted by atomic mass is 32.2. The Bertz CT molecular complexity index is 720. The van der Waals surface area contributed by atoms with Gasteiger partial charge in [-0.25, -0.2) is 13.2 Å². The highest BCUT2D eigenvalue weighted by Gasteiger charge is 2.18. The van der Waals surface area contributed by atoms with E-state index in [-0.39, 0.29) is 17.2 Å². The maximum Gasteiger partial charge on any atom is 0.338 e. The molecule has 0 radical (unpaired) electrons. The van der Waals surface area contributed by atoms with E-state index in [9.17, 15) is 18.0 Å². The first kappa shape index (κ1) is 19.6. The fourth-order valence-corrected chi connectivity index (χ4v) is 2.81. The van der Waals surface area contributed by atoms with Gasteiger partial charge in [0.25, 0.3) is 5.91 Å². The Labute approximate surface area is 141 Å². The molecule has 0 aliphatic rings. The number of nitrogens with one attached hydrogen (secondary N) is 1. The molecule has 0 aliphatic heterocycles. The Balaban J connectivity index is 2.67. The molecule has 0 fully saturated rings. The normalized spacial score (nSPS) is 12.0. The van der Waals surface area contributed by atoms with Gasteiger partial charge in [0.2, 0.25) is 0 Å². The van der Waals surface area contributed by atoms with Gasteiger partial charge in [0.05, 0.1) is 17.4 Å². The smallest absolute Gasteiger partial charge is 0.338 e. The minimum atomic E-state index is -3.49. The molecule has 1 rings (SSSR count). The minimum Gasteiger partial charge on any atom is -0.449 e. The van der Waals surface area contributed by atoms with Crippen LogP contribution in [0.2, 0.25) is 0 Å². The van der Waals surface area contributed by atoms with Gasteiger partial charge in [-0.3, -0.25) is 4.79 Å². The van der Waals surface area contributed by atoms with E-state index in [1.54, 1.807) is 6.07 Å². The average molecular weight is 352 g/mol. The number of rotatable bonds is 8. The maximum atomic E-state index is 12.0. The molecule has 1 aromatic rings. The van der Waals surface area contributed by atoms with Crippen LogP contribution in [-0.4, -0.2) is 38.7 Å². The summed E-state index contributed by atoms with van der Waals surface area (Å²) in [4.78, 5) is 23.6. The number of nitriles is 1. The van der Waals surface area contributed by atoms with Crippen molar-refractivity contribution < 1.29 is 22.7 Å². The third-order valence-electron chi connectivity index (χ3n) is 3.06. The Morgan fingerprint density at radius 3 is 2.46 bits per heavy atom. The second-order valence-corrected chi connectivity index (χ2v) is 7.29. The van der Waals surface area contributed by atoms with E-state index in [0.29, 0.717) is 12.1 Å². The first-order valence-electron chi connectivity index (χ1n) is 7.44. The van der Waals surface area contributed by atoms with Gasteiger partial charge in [0.1, 0.15) is 5.75 Å². The molecular weight excluding hydrogens is 332 g/mol. The summed E-state index contributed by atoms with van der Waals surface area (Å²) in [5.41, 5.74) is 0.683. The Morgan fingerprint density at radius 2 is 1.92 bits per heavy atom. The number of carbonyl (C=O) groups excluding carboxylic acids is 2. The molecule has 0 heterocycles. The summed E-state index contributed by atoms with van der Waals surface area (Å²) in [5.74, 6) is -1.86. The van der Waals surface area contributed by atoms with Gasteiger partial charge in [-0.1, -0.05) is 19.1 Å². The van der Waals surface area contributed by atoms with Crippen molar-refractivity contribution in [2.45, 2.75) is 32.1 Å². The van der Waals surface area contributed by atoms with Crippen molar-refractivity contribution in [1.29, 1.82) is 5.26 Å². The lowest BCUT2D eigenvalue weighted by Crippen LogP contribution is -2.36. The molecule has 8 heteroatoms. The van der Waals surface area contributed by atoms with Gasteiger partial charge in [-0.2, -0.15) is 5.26 Å². The van der Waals surface area contributed by atoms with E-state index < -0.39 is 27.7 Å². The molecule has 1 amide bonds. The third-order valence-corrected chi connectivity index (χ3v) is 4.41. The van der Waals surface area contributed by atoms with Crippen LogP contribution in [0.4, 0.5) is 0 Å². The summed E-state index contributed by atoms with van der Waals surface area (Å²) in [6.07, 6.45) is -0.137. The summed E-state index contributed by atoms with van der Waals surface area (Å²) in [5, 5.41) is 11.1. The van der Waals surface area contributed by atoms with Crippen LogP contribution in [0.5, 0.6) is 0 Å². The van der Waals surface area contributed by atoms with Crippen LogP contribution in [-0.2, 0) is 25.1 Å². The van der Waals surface area contributed by atoms with Gasteiger partial charge >= 0.3 is 5.97 Å². The highest BCUT2D eigenvalue weighted by Crippen LogP contribution is 2.11. The number of hydrogen-bond donors (Lipinski definition) is 1. The zero-order valence-electron chi connectivity index (χ0n) is 13.6. The van der Waals surface area contributed by atoms with Crippen molar-refractivity contribution in [2.24, 2.45) is 0 Å². The largest absolute Gasteiger partial charge is 0.449 e. The topological polar surface area (TPSA) is 113 Å². The van der Waals surface area contributed by atoms with Gasteiger partial charge in [0.15, 0.2) is 15.9 Å². The molecule has 1 aromatic carbocycles. The first-order valence-corrected chi connectivity index (χ1v) is 9.26. The van der Waals surface area contributed by atoms with Crippen LogP contribution in [0.25, 0.3) is 0 Å². The van der Waals surface area contributed by atoms with Crippen molar-refractivity contribution in [2.75, 3.05) is 12.3 Å². The van der Waals surface area contributed by atoms with E-state index in [2.05, 4.69) is 5.32 Å². The number of benzene rings is 1. The molecule has 0 spiro atoms. The molecular formula is C16H20N2O5S. The second-order valence-electron chi connectivity index (χ2n) is 5.23. The van der Waals surface area contributed by atoms with E-state index in [1.165, 1.54) is 31.2 Å². The van der Waals surface area contributed by atoms with Crippen LogP contribution < -0.4 is 5.32 Å². The summed E-state index contributed by atoms with van der Waals surface area (Å²) in [6.45, 7) is 3.90. The summed E-state index contributed by atoms with van der Waals surface area (Å²) >= 11 is 0. The monoisotopic (exact) mass is 352 g/mol. The number of esters is 1. The van der Waals surface area contributed by atoms with Gasteiger partial charge in [-0.15, -0.1) is 0 Å². The molecule has 24 heavy (non-hydrogen) atoms. The Kier molecular flexibility index (Phi) is 7.39.